The number of hydrogen-bond donors (Lipinski definition) is 0. The minimum Gasteiger partial charge on any atom is -0.425 e. The number of rotatable bonds is 2. The molecule has 2 rings (SSSR count). The molecular formula is C17H23ClINO2. The quantitative estimate of drug-likeness (QED) is 0.381. The van der Waals surface area contributed by atoms with Gasteiger partial charge in [-0.05, 0) is 88.4 Å². The highest BCUT2D eigenvalue weighted by Crippen LogP contribution is 2.40. The molecular weight excluding hydrogens is 413 g/mol. The van der Waals surface area contributed by atoms with Gasteiger partial charge in [0.1, 0.15) is 5.75 Å². The highest BCUT2D eigenvalue weighted by atomic mass is 127. The molecule has 0 aliphatic carbocycles. The van der Waals surface area contributed by atoms with Crippen molar-refractivity contribution < 1.29 is 9.53 Å². The Morgan fingerprint density at radius 1 is 1.27 bits per heavy atom. The van der Waals surface area contributed by atoms with Crippen LogP contribution in [-0.2, 0) is 4.79 Å². The van der Waals surface area contributed by atoms with Gasteiger partial charge in [-0.3, -0.25) is 9.69 Å². The van der Waals surface area contributed by atoms with E-state index in [-0.39, 0.29) is 23.0 Å². The van der Waals surface area contributed by atoms with E-state index in [1.165, 1.54) is 0 Å². The van der Waals surface area contributed by atoms with Gasteiger partial charge in [-0.25, -0.2) is 0 Å². The van der Waals surface area contributed by atoms with E-state index in [9.17, 15) is 4.79 Å². The lowest BCUT2D eigenvalue weighted by Gasteiger charge is -2.53. The van der Waals surface area contributed by atoms with E-state index in [1.54, 1.807) is 18.2 Å². The molecule has 0 atom stereocenters. The summed E-state index contributed by atoms with van der Waals surface area (Å²) in [4.78, 5) is 15.0. The molecule has 1 aliphatic rings. The first kappa shape index (κ1) is 18.0. The minimum absolute atomic E-state index is 0.0292. The number of nitrogens with zero attached hydrogens (tertiary/aromatic N) is 1. The fourth-order valence-electron chi connectivity index (χ4n) is 3.29. The van der Waals surface area contributed by atoms with E-state index in [4.69, 9.17) is 16.3 Å². The van der Waals surface area contributed by atoms with Crippen molar-refractivity contribution in [2.45, 2.75) is 51.6 Å². The van der Waals surface area contributed by atoms with Crippen molar-refractivity contribution in [3.05, 3.63) is 26.8 Å². The van der Waals surface area contributed by atoms with E-state index in [0.29, 0.717) is 10.8 Å². The molecule has 22 heavy (non-hydrogen) atoms. The summed E-state index contributed by atoms with van der Waals surface area (Å²) < 4.78 is 6.49. The van der Waals surface area contributed by atoms with Crippen LogP contribution >= 0.6 is 34.2 Å². The lowest BCUT2D eigenvalue weighted by Crippen LogP contribution is -2.59. The van der Waals surface area contributed by atoms with Gasteiger partial charge in [-0.2, -0.15) is 0 Å². The summed E-state index contributed by atoms with van der Waals surface area (Å²) in [6, 6.07) is 5.30. The summed E-state index contributed by atoms with van der Waals surface area (Å²) in [5.74, 6) is 0.353. The number of esters is 1. The number of carbonyl (C=O) groups is 1. The zero-order valence-electron chi connectivity index (χ0n) is 13.7. The number of piperidine rings is 1. The fraction of sp³-hybridized carbons (Fsp3) is 0.588. The Bertz CT molecular complexity index is 568. The molecule has 1 heterocycles. The maximum absolute atomic E-state index is 12.6. The van der Waals surface area contributed by atoms with Crippen molar-refractivity contribution in [2.24, 2.45) is 5.92 Å². The van der Waals surface area contributed by atoms with Gasteiger partial charge < -0.3 is 4.74 Å². The van der Waals surface area contributed by atoms with Crippen LogP contribution in [0, 0.1) is 9.49 Å². The van der Waals surface area contributed by atoms with Crippen LogP contribution in [0.5, 0.6) is 5.75 Å². The van der Waals surface area contributed by atoms with E-state index < -0.39 is 0 Å². The summed E-state index contributed by atoms with van der Waals surface area (Å²) in [6.45, 7) is 8.72. The second-order valence-corrected chi connectivity index (χ2v) is 8.88. The Labute approximate surface area is 151 Å². The van der Waals surface area contributed by atoms with Crippen molar-refractivity contribution in [2.75, 3.05) is 7.05 Å². The zero-order chi connectivity index (χ0) is 16.7. The first-order chi connectivity index (χ1) is 10.0. The highest BCUT2D eigenvalue weighted by molar-refractivity contribution is 14.1. The molecule has 1 aromatic rings. The molecule has 1 fully saturated rings. The van der Waals surface area contributed by atoms with Crippen molar-refractivity contribution in [1.29, 1.82) is 0 Å². The Hall–Kier alpha value is -0.330. The monoisotopic (exact) mass is 435 g/mol. The summed E-state index contributed by atoms with van der Waals surface area (Å²) in [6.07, 6.45) is 1.60. The second-order valence-electron chi connectivity index (χ2n) is 7.28. The fourth-order valence-corrected chi connectivity index (χ4v) is 4.27. The molecule has 1 aromatic carbocycles. The largest absolute Gasteiger partial charge is 0.425 e. The lowest BCUT2D eigenvalue weighted by atomic mass is 9.74. The van der Waals surface area contributed by atoms with Gasteiger partial charge in [0.15, 0.2) is 0 Å². The van der Waals surface area contributed by atoms with E-state index in [0.717, 1.165) is 16.4 Å². The number of carbonyl (C=O) groups excluding carboxylic acids is 1. The van der Waals surface area contributed by atoms with Crippen molar-refractivity contribution >= 4 is 40.2 Å². The Kier molecular flexibility index (Phi) is 5.15. The molecule has 0 radical (unpaired) electrons. The molecule has 3 nitrogen and oxygen atoms in total. The Morgan fingerprint density at radius 3 is 2.32 bits per heavy atom. The van der Waals surface area contributed by atoms with Crippen LogP contribution in [0.25, 0.3) is 0 Å². The standard InChI is InChI=1S/C17H23ClINO2/c1-16(2)9-11(10-17(3,4)20(16)5)15(21)22-14-7-6-12(18)8-13(14)19/h6-8,11H,9-10H2,1-5H3. The molecule has 0 spiro atoms. The molecule has 1 saturated heterocycles. The van der Waals surface area contributed by atoms with Crippen molar-refractivity contribution in [1.82, 2.24) is 4.90 Å². The van der Waals surface area contributed by atoms with E-state index >= 15 is 0 Å². The number of halogens is 2. The molecule has 0 saturated carbocycles. The molecule has 0 amide bonds. The number of likely N-dealkylation sites (tertiary alicyclic amines) is 1. The van der Waals surface area contributed by atoms with E-state index in [2.05, 4.69) is 62.2 Å². The van der Waals surface area contributed by atoms with Gasteiger partial charge in [0.2, 0.25) is 0 Å². The van der Waals surface area contributed by atoms with Crippen molar-refractivity contribution in [3.8, 4) is 5.75 Å². The Morgan fingerprint density at radius 2 is 1.82 bits per heavy atom. The predicted molar refractivity (Wildman–Crippen MR) is 98.4 cm³/mol. The van der Waals surface area contributed by atoms with Gasteiger partial charge in [-0.15, -0.1) is 0 Å². The van der Waals surface area contributed by atoms with Crippen LogP contribution in [0.15, 0.2) is 18.2 Å². The number of hydrogen-bond acceptors (Lipinski definition) is 3. The lowest BCUT2D eigenvalue weighted by molar-refractivity contribution is -0.146. The molecule has 122 valence electrons. The van der Waals surface area contributed by atoms with Gasteiger partial charge >= 0.3 is 5.97 Å². The predicted octanol–water partition coefficient (Wildman–Crippen LogP) is 4.75. The first-order valence-corrected chi connectivity index (χ1v) is 8.89. The topological polar surface area (TPSA) is 29.5 Å². The molecule has 0 N–H and O–H groups in total. The van der Waals surface area contributed by atoms with Crippen LogP contribution in [0.3, 0.4) is 0 Å². The zero-order valence-corrected chi connectivity index (χ0v) is 16.7. The summed E-state index contributed by atoms with van der Waals surface area (Å²) >= 11 is 8.08. The number of benzene rings is 1. The third kappa shape index (κ3) is 3.77. The van der Waals surface area contributed by atoms with Crippen LogP contribution in [0.4, 0.5) is 0 Å². The van der Waals surface area contributed by atoms with E-state index in [1.807, 2.05) is 0 Å². The van der Waals surface area contributed by atoms with Gasteiger partial charge in [0.25, 0.3) is 0 Å². The maximum atomic E-state index is 12.6. The summed E-state index contributed by atoms with van der Waals surface area (Å²) in [7, 11) is 2.13. The van der Waals surface area contributed by atoms with Gasteiger partial charge in [-0.1, -0.05) is 11.6 Å². The average Bonchev–Trinajstić information content (AvgIpc) is 2.38. The summed E-state index contributed by atoms with van der Waals surface area (Å²) in [5.41, 5.74) is -0.0584. The molecule has 5 heteroatoms. The van der Waals surface area contributed by atoms with Crippen LogP contribution in [0.1, 0.15) is 40.5 Å². The highest BCUT2D eigenvalue weighted by Gasteiger charge is 2.45. The molecule has 0 aromatic heterocycles. The second kappa shape index (κ2) is 6.29. The normalized spacial score (nSPS) is 21.6. The van der Waals surface area contributed by atoms with Crippen molar-refractivity contribution in [3.63, 3.8) is 0 Å². The molecule has 1 aliphatic heterocycles. The van der Waals surface area contributed by atoms with Gasteiger partial charge in [0.05, 0.1) is 9.49 Å². The third-order valence-corrected chi connectivity index (χ3v) is 5.82. The maximum Gasteiger partial charge on any atom is 0.314 e. The molecule has 0 unspecified atom stereocenters. The smallest absolute Gasteiger partial charge is 0.314 e. The minimum atomic E-state index is -0.144. The summed E-state index contributed by atoms with van der Waals surface area (Å²) in [5, 5.41) is 0.644. The molecule has 0 bridgehead atoms. The third-order valence-electron chi connectivity index (χ3n) is 4.75. The van der Waals surface area contributed by atoms with Crippen LogP contribution in [0.2, 0.25) is 5.02 Å². The first-order valence-electron chi connectivity index (χ1n) is 7.44. The van der Waals surface area contributed by atoms with Crippen LogP contribution < -0.4 is 4.74 Å². The van der Waals surface area contributed by atoms with Gasteiger partial charge in [0, 0.05) is 16.1 Å². The Balaban J connectivity index is 2.16. The van der Waals surface area contributed by atoms with Crippen LogP contribution in [-0.4, -0.2) is 29.0 Å². The average molecular weight is 436 g/mol. The SMILES string of the molecule is CN1C(C)(C)CC(C(=O)Oc2ccc(Cl)cc2I)CC1(C)C. The number of ether oxygens (including phenoxy) is 1.